The summed E-state index contributed by atoms with van der Waals surface area (Å²) in [5.41, 5.74) is 5.40. The SMILES string of the molecule is CCCC(CN[C@@H](CC)C(N)=O)CC(=O)O[C@@H]1C[C@H](C)CC[C@H]1C(C)C. The van der Waals surface area contributed by atoms with Crippen molar-refractivity contribution in [3.8, 4) is 0 Å². The van der Waals surface area contributed by atoms with Crippen LogP contribution in [0.5, 0.6) is 0 Å². The summed E-state index contributed by atoms with van der Waals surface area (Å²) >= 11 is 0. The van der Waals surface area contributed by atoms with Crippen molar-refractivity contribution in [2.45, 2.75) is 91.7 Å². The normalized spacial score (nSPS) is 25.7. The lowest BCUT2D eigenvalue weighted by molar-refractivity contribution is -0.157. The first-order valence-electron chi connectivity index (χ1n) is 10.5. The number of carbonyl (C=O) groups excluding carboxylic acids is 2. The molecule has 5 heteroatoms. The molecule has 1 rings (SSSR count). The molecule has 1 aliphatic rings. The number of hydrogen-bond acceptors (Lipinski definition) is 4. The van der Waals surface area contributed by atoms with Crippen molar-refractivity contribution < 1.29 is 14.3 Å². The van der Waals surface area contributed by atoms with Gasteiger partial charge in [0.2, 0.25) is 5.91 Å². The summed E-state index contributed by atoms with van der Waals surface area (Å²) in [6, 6.07) is -0.324. The van der Waals surface area contributed by atoms with Crippen molar-refractivity contribution in [3.05, 3.63) is 0 Å². The van der Waals surface area contributed by atoms with E-state index in [9.17, 15) is 9.59 Å². The number of ether oxygens (including phenoxy) is 1. The van der Waals surface area contributed by atoms with Gasteiger partial charge in [-0.15, -0.1) is 0 Å². The molecule has 0 saturated heterocycles. The number of hydrogen-bond donors (Lipinski definition) is 2. The van der Waals surface area contributed by atoms with Gasteiger partial charge >= 0.3 is 5.97 Å². The highest BCUT2D eigenvalue weighted by Gasteiger charge is 2.33. The van der Waals surface area contributed by atoms with Crippen molar-refractivity contribution in [3.63, 3.8) is 0 Å². The summed E-state index contributed by atoms with van der Waals surface area (Å²) in [6.07, 6.45) is 6.41. The fourth-order valence-corrected chi connectivity index (χ4v) is 4.14. The molecule has 0 aliphatic heterocycles. The molecule has 3 N–H and O–H groups in total. The molecule has 5 nitrogen and oxygen atoms in total. The standard InChI is InChI=1S/C21H40N2O3/c1-6-8-16(13-23-18(7-2)21(22)25)12-20(24)26-19-11-15(5)9-10-17(19)14(3)4/h14-19,23H,6-13H2,1-5H3,(H2,22,25)/t15-,16?,17+,18+,19-/m1/s1. The Morgan fingerprint density at radius 2 is 1.92 bits per heavy atom. The number of rotatable bonds is 11. The molecular formula is C21H40N2O3. The van der Waals surface area contributed by atoms with Crippen molar-refractivity contribution in [2.75, 3.05) is 6.54 Å². The van der Waals surface area contributed by atoms with Crippen LogP contribution < -0.4 is 11.1 Å². The van der Waals surface area contributed by atoms with Gasteiger partial charge in [-0.1, -0.05) is 47.5 Å². The maximum absolute atomic E-state index is 12.6. The maximum atomic E-state index is 12.6. The summed E-state index contributed by atoms with van der Waals surface area (Å²) in [4.78, 5) is 24.0. The first kappa shape index (κ1) is 22.9. The molecule has 0 spiro atoms. The van der Waals surface area contributed by atoms with Crippen LogP contribution in [0.25, 0.3) is 0 Å². The van der Waals surface area contributed by atoms with Crippen molar-refractivity contribution in [2.24, 2.45) is 29.4 Å². The summed E-state index contributed by atoms with van der Waals surface area (Å²) in [5.74, 6) is 1.38. The van der Waals surface area contributed by atoms with E-state index in [-0.39, 0.29) is 29.9 Å². The molecule has 1 unspecified atom stereocenters. The fraction of sp³-hybridized carbons (Fsp3) is 0.905. The predicted molar refractivity (Wildman–Crippen MR) is 106 cm³/mol. The number of nitrogens with one attached hydrogen (secondary N) is 1. The highest BCUT2D eigenvalue weighted by Crippen LogP contribution is 2.35. The second kappa shape index (κ2) is 11.6. The van der Waals surface area contributed by atoms with E-state index >= 15 is 0 Å². The summed E-state index contributed by atoms with van der Waals surface area (Å²) in [6.45, 7) is 11.4. The molecule has 0 heterocycles. The van der Waals surface area contributed by atoms with Crippen molar-refractivity contribution in [1.82, 2.24) is 5.32 Å². The van der Waals surface area contributed by atoms with E-state index in [2.05, 4.69) is 33.0 Å². The zero-order valence-electron chi connectivity index (χ0n) is 17.4. The van der Waals surface area contributed by atoms with Gasteiger partial charge in [-0.25, -0.2) is 0 Å². The number of esters is 1. The molecule has 0 bridgehead atoms. The van der Waals surface area contributed by atoms with Crippen LogP contribution in [0.1, 0.15) is 79.6 Å². The number of nitrogens with two attached hydrogens (primary N) is 1. The first-order chi connectivity index (χ1) is 12.3. The van der Waals surface area contributed by atoms with Crippen LogP contribution in [0.3, 0.4) is 0 Å². The zero-order valence-corrected chi connectivity index (χ0v) is 17.4. The van der Waals surface area contributed by atoms with E-state index in [1.165, 1.54) is 6.42 Å². The van der Waals surface area contributed by atoms with Crippen molar-refractivity contribution >= 4 is 11.9 Å². The number of amides is 1. The van der Waals surface area contributed by atoms with Crippen LogP contribution in [-0.4, -0.2) is 30.6 Å². The highest BCUT2D eigenvalue weighted by atomic mass is 16.5. The van der Waals surface area contributed by atoms with Gasteiger partial charge in [0, 0.05) is 6.42 Å². The Labute approximate surface area is 159 Å². The molecular weight excluding hydrogens is 328 g/mol. The molecule has 0 aromatic rings. The highest BCUT2D eigenvalue weighted by molar-refractivity contribution is 5.79. The third kappa shape index (κ3) is 7.65. The van der Waals surface area contributed by atoms with Crippen LogP contribution in [0, 0.1) is 23.7 Å². The fourth-order valence-electron chi connectivity index (χ4n) is 4.14. The summed E-state index contributed by atoms with van der Waals surface area (Å²) in [5, 5.41) is 3.21. The molecule has 1 fully saturated rings. The van der Waals surface area contributed by atoms with Gasteiger partial charge in [0.05, 0.1) is 6.04 Å². The van der Waals surface area contributed by atoms with Crippen LogP contribution in [-0.2, 0) is 14.3 Å². The van der Waals surface area contributed by atoms with Gasteiger partial charge in [-0.2, -0.15) is 0 Å². The minimum absolute atomic E-state index is 0.0514. The average molecular weight is 369 g/mol. The Balaban J connectivity index is 2.58. The van der Waals surface area contributed by atoms with Crippen LogP contribution >= 0.6 is 0 Å². The van der Waals surface area contributed by atoms with Gasteiger partial charge in [0.15, 0.2) is 0 Å². The molecule has 0 radical (unpaired) electrons. The zero-order chi connectivity index (χ0) is 19.7. The molecule has 5 atom stereocenters. The summed E-state index contributed by atoms with van der Waals surface area (Å²) in [7, 11) is 0. The molecule has 0 aromatic heterocycles. The lowest BCUT2D eigenvalue weighted by atomic mass is 9.75. The third-order valence-electron chi connectivity index (χ3n) is 5.80. The van der Waals surface area contributed by atoms with Crippen molar-refractivity contribution in [1.29, 1.82) is 0 Å². The van der Waals surface area contributed by atoms with E-state index in [0.29, 0.717) is 37.1 Å². The van der Waals surface area contributed by atoms with Gasteiger partial charge in [0.1, 0.15) is 6.10 Å². The smallest absolute Gasteiger partial charge is 0.306 e. The molecule has 0 aromatic carbocycles. The molecule has 1 saturated carbocycles. The Bertz CT molecular complexity index is 439. The number of primary amides is 1. The predicted octanol–water partition coefficient (Wildman–Crippen LogP) is 3.65. The van der Waals surface area contributed by atoms with Gasteiger partial charge in [0.25, 0.3) is 0 Å². The average Bonchev–Trinajstić information content (AvgIpc) is 2.54. The quantitative estimate of drug-likeness (QED) is 0.545. The van der Waals surface area contributed by atoms with Crippen LogP contribution in [0.4, 0.5) is 0 Å². The maximum Gasteiger partial charge on any atom is 0.306 e. The van der Waals surface area contributed by atoms with E-state index in [0.717, 1.165) is 25.7 Å². The Hall–Kier alpha value is -1.10. The lowest BCUT2D eigenvalue weighted by Crippen LogP contribution is -2.43. The molecule has 1 aliphatic carbocycles. The van der Waals surface area contributed by atoms with Crippen LogP contribution in [0.2, 0.25) is 0 Å². The summed E-state index contributed by atoms with van der Waals surface area (Å²) < 4.78 is 5.93. The largest absolute Gasteiger partial charge is 0.462 e. The Kier molecular flexibility index (Phi) is 10.2. The van der Waals surface area contributed by atoms with Crippen LogP contribution in [0.15, 0.2) is 0 Å². The van der Waals surface area contributed by atoms with E-state index < -0.39 is 0 Å². The van der Waals surface area contributed by atoms with Gasteiger partial charge in [-0.05, 0) is 55.9 Å². The topological polar surface area (TPSA) is 81.4 Å². The Morgan fingerprint density at radius 3 is 2.46 bits per heavy atom. The minimum Gasteiger partial charge on any atom is -0.462 e. The third-order valence-corrected chi connectivity index (χ3v) is 5.80. The Morgan fingerprint density at radius 1 is 1.23 bits per heavy atom. The number of carbonyl (C=O) groups is 2. The molecule has 1 amide bonds. The minimum atomic E-state index is -0.332. The molecule has 152 valence electrons. The second-order valence-electron chi connectivity index (χ2n) is 8.48. The van der Waals surface area contributed by atoms with E-state index in [1.54, 1.807) is 0 Å². The first-order valence-corrected chi connectivity index (χ1v) is 10.5. The van der Waals surface area contributed by atoms with Gasteiger partial charge < -0.3 is 15.8 Å². The van der Waals surface area contributed by atoms with Gasteiger partial charge in [-0.3, -0.25) is 9.59 Å². The monoisotopic (exact) mass is 368 g/mol. The van der Waals surface area contributed by atoms with E-state index in [1.807, 2.05) is 6.92 Å². The van der Waals surface area contributed by atoms with E-state index in [4.69, 9.17) is 10.5 Å². The second-order valence-corrected chi connectivity index (χ2v) is 8.48. The molecule has 26 heavy (non-hydrogen) atoms. The lowest BCUT2D eigenvalue weighted by Gasteiger charge is -2.37.